The molecule has 6 nitrogen and oxygen atoms in total. The van der Waals surface area contributed by atoms with E-state index >= 15 is 0 Å². The molecule has 4 rings (SSSR count). The Hall–Kier alpha value is -3.54. The molecule has 0 atom stereocenters. The molecular formula is C22H19NO5. The molecule has 0 saturated carbocycles. The Morgan fingerprint density at radius 1 is 1.07 bits per heavy atom. The van der Waals surface area contributed by atoms with Crippen LogP contribution in [0.4, 0.5) is 0 Å². The van der Waals surface area contributed by atoms with Crippen molar-refractivity contribution in [2.24, 2.45) is 4.99 Å². The topological polar surface area (TPSA) is 70.3 Å². The summed E-state index contributed by atoms with van der Waals surface area (Å²) in [6, 6.07) is 12.9. The zero-order valence-corrected chi connectivity index (χ0v) is 15.8. The van der Waals surface area contributed by atoms with Gasteiger partial charge in [-0.05, 0) is 30.3 Å². The van der Waals surface area contributed by atoms with Gasteiger partial charge in [-0.3, -0.25) is 0 Å². The molecule has 0 unspecified atom stereocenters. The molecule has 28 heavy (non-hydrogen) atoms. The van der Waals surface area contributed by atoms with Gasteiger partial charge in [0.2, 0.25) is 5.90 Å². The van der Waals surface area contributed by atoms with E-state index in [1.165, 1.54) is 0 Å². The van der Waals surface area contributed by atoms with Crippen LogP contribution < -0.4 is 9.47 Å². The number of hydrogen-bond donors (Lipinski definition) is 0. The second kappa shape index (κ2) is 7.23. The molecule has 0 bridgehead atoms. The Morgan fingerprint density at radius 3 is 2.61 bits per heavy atom. The van der Waals surface area contributed by atoms with Gasteiger partial charge in [0, 0.05) is 22.9 Å². The summed E-state index contributed by atoms with van der Waals surface area (Å²) >= 11 is 0. The van der Waals surface area contributed by atoms with Gasteiger partial charge in [-0.25, -0.2) is 9.79 Å². The Labute approximate surface area is 162 Å². The summed E-state index contributed by atoms with van der Waals surface area (Å²) in [5, 5.41) is 0.939. The standard InChI is InChI=1S/C22H19NO5/c1-4-17-15(14-7-5-6-8-18(14)27-17)12-16-22(24)28-21(23-16)13-9-10-19(25-2)20(11-13)26-3/h5-12H,4H2,1-3H3/b16-12-. The number of carbonyl (C=O) groups is 1. The number of fused-ring (bicyclic) bond motifs is 1. The highest BCUT2D eigenvalue weighted by Crippen LogP contribution is 2.32. The number of esters is 1. The number of methoxy groups -OCH3 is 2. The number of para-hydroxylation sites is 1. The van der Waals surface area contributed by atoms with Gasteiger partial charge in [0.25, 0.3) is 0 Å². The third-order valence-electron chi connectivity index (χ3n) is 4.56. The molecule has 0 spiro atoms. The van der Waals surface area contributed by atoms with Crippen LogP contribution in [0.3, 0.4) is 0 Å². The summed E-state index contributed by atoms with van der Waals surface area (Å²) in [5.41, 5.74) is 2.48. The van der Waals surface area contributed by atoms with E-state index < -0.39 is 5.97 Å². The molecule has 6 heteroatoms. The maximum atomic E-state index is 12.4. The lowest BCUT2D eigenvalue weighted by Gasteiger charge is -2.08. The Kier molecular flexibility index (Phi) is 4.61. The van der Waals surface area contributed by atoms with E-state index in [1.54, 1.807) is 38.5 Å². The van der Waals surface area contributed by atoms with Gasteiger partial charge in [0.1, 0.15) is 11.3 Å². The molecule has 0 aliphatic carbocycles. The van der Waals surface area contributed by atoms with E-state index in [0.29, 0.717) is 23.5 Å². The molecule has 0 radical (unpaired) electrons. The van der Waals surface area contributed by atoms with Crippen molar-refractivity contribution in [1.29, 1.82) is 0 Å². The maximum absolute atomic E-state index is 12.4. The monoisotopic (exact) mass is 377 g/mol. The van der Waals surface area contributed by atoms with Crippen LogP contribution >= 0.6 is 0 Å². The molecular weight excluding hydrogens is 358 g/mol. The van der Waals surface area contributed by atoms with Gasteiger partial charge in [0.05, 0.1) is 14.2 Å². The van der Waals surface area contributed by atoms with Crippen LogP contribution in [0.1, 0.15) is 23.8 Å². The summed E-state index contributed by atoms with van der Waals surface area (Å²) in [6.07, 6.45) is 2.43. The van der Waals surface area contributed by atoms with Crippen LogP contribution in [-0.4, -0.2) is 26.1 Å². The zero-order chi connectivity index (χ0) is 19.7. The third-order valence-corrected chi connectivity index (χ3v) is 4.56. The Balaban J connectivity index is 1.76. The van der Waals surface area contributed by atoms with Crippen LogP contribution in [0, 0.1) is 0 Å². The molecule has 1 aliphatic rings. The van der Waals surface area contributed by atoms with Crippen molar-refractivity contribution >= 4 is 28.9 Å². The predicted octanol–water partition coefficient (Wildman–Crippen LogP) is 4.36. The summed E-state index contributed by atoms with van der Waals surface area (Å²) in [5.74, 6) is 1.64. The minimum Gasteiger partial charge on any atom is -0.493 e. The first kappa shape index (κ1) is 17.9. The average Bonchev–Trinajstić information content (AvgIpc) is 3.28. The molecule has 0 fully saturated rings. The van der Waals surface area contributed by atoms with E-state index in [0.717, 1.165) is 22.3 Å². The lowest BCUT2D eigenvalue weighted by atomic mass is 10.1. The number of carbonyl (C=O) groups excluding carboxylic acids is 1. The second-order valence-electron chi connectivity index (χ2n) is 6.19. The summed E-state index contributed by atoms with van der Waals surface area (Å²) in [6.45, 7) is 2.00. The highest BCUT2D eigenvalue weighted by atomic mass is 16.6. The lowest BCUT2D eigenvalue weighted by molar-refractivity contribution is -0.129. The van der Waals surface area contributed by atoms with Gasteiger partial charge >= 0.3 is 5.97 Å². The number of aliphatic imine (C=N–C) groups is 1. The third kappa shape index (κ3) is 3.03. The van der Waals surface area contributed by atoms with Crippen molar-refractivity contribution in [1.82, 2.24) is 0 Å². The van der Waals surface area contributed by atoms with Gasteiger partial charge in [0.15, 0.2) is 17.2 Å². The molecule has 142 valence electrons. The molecule has 1 aliphatic heterocycles. The number of aryl methyl sites for hydroxylation is 1. The van der Waals surface area contributed by atoms with Crippen molar-refractivity contribution in [2.75, 3.05) is 14.2 Å². The fourth-order valence-electron chi connectivity index (χ4n) is 3.18. The first-order valence-electron chi connectivity index (χ1n) is 8.90. The van der Waals surface area contributed by atoms with Crippen LogP contribution in [0.25, 0.3) is 17.0 Å². The molecule has 3 aromatic rings. The van der Waals surface area contributed by atoms with E-state index in [1.807, 2.05) is 31.2 Å². The minimum atomic E-state index is -0.503. The normalized spacial score (nSPS) is 15.0. The maximum Gasteiger partial charge on any atom is 0.363 e. The quantitative estimate of drug-likeness (QED) is 0.488. The predicted molar refractivity (Wildman–Crippen MR) is 106 cm³/mol. The first-order valence-corrected chi connectivity index (χ1v) is 8.90. The van der Waals surface area contributed by atoms with E-state index in [9.17, 15) is 4.79 Å². The van der Waals surface area contributed by atoms with Crippen LogP contribution in [0.2, 0.25) is 0 Å². The number of nitrogens with zero attached hydrogens (tertiary/aromatic N) is 1. The highest BCUT2D eigenvalue weighted by molar-refractivity contribution is 6.13. The lowest BCUT2D eigenvalue weighted by Crippen LogP contribution is -2.06. The summed E-state index contributed by atoms with van der Waals surface area (Å²) in [7, 11) is 3.11. The van der Waals surface area contributed by atoms with Crippen molar-refractivity contribution in [3.63, 3.8) is 0 Å². The molecule has 2 aromatic carbocycles. The van der Waals surface area contributed by atoms with Crippen molar-refractivity contribution in [3.05, 3.63) is 65.0 Å². The van der Waals surface area contributed by atoms with Gasteiger partial charge in [-0.15, -0.1) is 0 Å². The van der Waals surface area contributed by atoms with Crippen LogP contribution in [0.15, 0.2) is 57.6 Å². The van der Waals surface area contributed by atoms with Crippen molar-refractivity contribution in [3.8, 4) is 11.5 Å². The first-order chi connectivity index (χ1) is 13.6. The van der Waals surface area contributed by atoms with E-state index in [2.05, 4.69) is 4.99 Å². The SMILES string of the molecule is CCc1oc2ccccc2c1/C=C1\N=C(c2ccc(OC)c(OC)c2)OC1=O. The molecule has 0 amide bonds. The number of rotatable bonds is 5. The average molecular weight is 377 g/mol. The van der Waals surface area contributed by atoms with Crippen molar-refractivity contribution in [2.45, 2.75) is 13.3 Å². The Morgan fingerprint density at radius 2 is 1.86 bits per heavy atom. The number of furan rings is 1. The number of cyclic esters (lactones) is 1. The van der Waals surface area contributed by atoms with Gasteiger partial charge < -0.3 is 18.6 Å². The smallest absolute Gasteiger partial charge is 0.363 e. The summed E-state index contributed by atoms with van der Waals surface area (Å²) in [4.78, 5) is 16.8. The summed E-state index contributed by atoms with van der Waals surface area (Å²) < 4.78 is 21.8. The Bertz CT molecular complexity index is 1120. The van der Waals surface area contributed by atoms with E-state index in [-0.39, 0.29) is 11.6 Å². The van der Waals surface area contributed by atoms with Crippen molar-refractivity contribution < 1.29 is 23.4 Å². The molecule has 0 N–H and O–H groups in total. The largest absolute Gasteiger partial charge is 0.493 e. The zero-order valence-electron chi connectivity index (χ0n) is 15.8. The second-order valence-corrected chi connectivity index (χ2v) is 6.19. The molecule has 2 heterocycles. The van der Waals surface area contributed by atoms with Crippen LogP contribution in [0.5, 0.6) is 11.5 Å². The number of hydrogen-bond acceptors (Lipinski definition) is 6. The van der Waals surface area contributed by atoms with Gasteiger partial charge in [-0.1, -0.05) is 25.1 Å². The minimum absolute atomic E-state index is 0.225. The number of ether oxygens (including phenoxy) is 3. The van der Waals surface area contributed by atoms with Crippen LogP contribution in [-0.2, 0) is 16.0 Å². The highest BCUT2D eigenvalue weighted by Gasteiger charge is 2.26. The van der Waals surface area contributed by atoms with Gasteiger partial charge in [-0.2, -0.15) is 0 Å². The fourth-order valence-corrected chi connectivity index (χ4v) is 3.18. The fraction of sp³-hybridized carbons (Fsp3) is 0.182. The molecule has 0 saturated heterocycles. The van der Waals surface area contributed by atoms with E-state index in [4.69, 9.17) is 18.6 Å². The number of benzene rings is 2. The molecule has 1 aromatic heterocycles.